The van der Waals surface area contributed by atoms with Crippen LogP contribution in [0.15, 0.2) is 62.3 Å². The van der Waals surface area contributed by atoms with Gasteiger partial charge in [-0.25, -0.2) is 31.7 Å². The van der Waals surface area contributed by atoms with Crippen LogP contribution < -0.4 is 26.6 Å². The van der Waals surface area contributed by atoms with Crippen molar-refractivity contribution in [2.45, 2.75) is 30.4 Å². The first-order chi connectivity index (χ1) is 19.6. The minimum Gasteiger partial charge on any atom is -0.385 e. The fourth-order valence-corrected chi connectivity index (χ4v) is 6.93. The van der Waals surface area contributed by atoms with Gasteiger partial charge < -0.3 is 20.5 Å². The summed E-state index contributed by atoms with van der Waals surface area (Å²) >= 11 is 0.997. The third-order valence-electron chi connectivity index (χ3n) is 6.73. The van der Waals surface area contributed by atoms with Gasteiger partial charge in [-0.15, -0.1) is 11.3 Å². The SMILES string of the molecule is Cc1ccc(S(=O)(=O)NC(=O)Nc2ccc(-n3c(=O)[nH]c4cc(NCCCN5CCCC5)ccc4c3=O)c(F)c2)s1. The number of nitrogens with one attached hydrogen (secondary N) is 4. The third-order valence-corrected chi connectivity index (χ3v) is 9.55. The standard InChI is InChI=1S/C27H29FN6O5S2/c1-17-5-10-24(40-17)41(38,39)32-26(36)30-19-7-9-23(21(28)15-19)34-25(35)20-8-6-18(16-22(20)31-27(34)37)29-11-4-14-33-12-2-3-13-33/h5-10,15-16,29H,2-4,11-14H2,1H3,(H,31,37)(H2,30,32,36). The van der Waals surface area contributed by atoms with Gasteiger partial charge in [-0.2, -0.15) is 0 Å². The van der Waals surface area contributed by atoms with Crippen molar-refractivity contribution >= 4 is 49.7 Å². The lowest BCUT2D eigenvalue weighted by atomic mass is 10.2. The molecule has 1 aliphatic heterocycles. The predicted molar refractivity (Wildman–Crippen MR) is 157 cm³/mol. The van der Waals surface area contributed by atoms with Crippen molar-refractivity contribution in [1.82, 2.24) is 19.2 Å². The number of aryl methyl sites for hydroxylation is 1. The van der Waals surface area contributed by atoms with Gasteiger partial charge >= 0.3 is 11.7 Å². The van der Waals surface area contributed by atoms with Gasteiger partial charge in [-0.1, -0.05) is 0 Å². The number of halogens is 1. The van der Waals surface area contributed by atoms with Crippen LogP contribution in [0.5, 0.6) is 0 Å². The molecule has 0 aliphatic carbocycles. The minimum atomic E-state index is -4.10. The lowest BCUT2D eigenvalue weighted by molar-refractivity contribution is 0.256. The second-order valence-corrected chi connectivity index (χ2v) is 12.9. The van der Waals surface area contributed by atoms with Crippen LogP contribution in [0, 0.1) is 12.7 Å². The van der Waals surface area contributed by atoms with E-state index in [4.69, 9.17) is 0 Å². The summed E-state index contributed by atoms with van der Waals surface area (Å²) in [6, 6.07) is 10.2. The molecule has 3 heterocycles. The molecule has 2 aromatic carbocycles. The summed E-state index contributed by atoms with van der Waals surface area (Å²) in [7, 11) is -4.10. The van der Waals surface area contributed by atoms with E-state index in [0.29, 0.717) is 10.1 Å². The zero-order valence-electron chi connectivity index (χ0n) is 22.2. The smallest absolute Gasteiger partial charge is 0.333 e. The molecular formula is C27H29FN6O5S2. The quantitative estimate of drug-likeness (QED) is 0.215. The Hall–Kier alpha value is -4.01. The Morgan fingerprint density at radius 3 is 2.51 bits per heavy atom. The number of likely N-dealkylation sites (tertiary alicyclic amines) is 1. The molecule has 5 rings (SSSR count). The van der Waals surface area contributed by atoms with E-state index in [2.05, 4.69) is 20.5 Å². The Balaban J connectivity index is 1.29. The fourth-order valence-electron chi connectivity index (χ4n) is 4.74. The van der Waals surface area contributed by atoms with E-state index in [1.165, 1.54) is 25.0 Å². The Morgan fingerprint density at radius 1 is 1.05 bits per heavy atom. The summed E-state index contributed by atoms with van der Waals surface area (Å²) in [6.07, 6.45) is 3.45. The zero-order valence-corrected chi connectivity index (χ0v) is 23.8. The van der Waals surface area contributed by atoms with Gasteiger partial charge in [0.05, 0.1) is 16.6 Å². The van der Waals surface area contributed by atoms with Crippen LogP contribution in [0.25, 0.3) is 16.6 Å². The molecule has 14 heteroatoms. The molecule has 41 heavy (non-hydrogen) atoms. The van der Waals surface area contributed by atoms with Gasteiger partial charge in [0.25, 0.3) is 15.6 Å². The molecule has 0 bridgehead atoms. The van der Waals surface area contributed by atoms with Crippen LogP contribution in [0.2, 0.25) is 0 Å². The largest absolute Gasteiger partial charge is 0.385 e. The van der Waals surface area contributed by atoms with E-state index in [0.717, 1.165) is 66.6 Å². The van der Waals surface area contributed by atoms with E-state index in [1.807, 2.05) is 4.72 Å². The highest BCUT2D eigenvalue weighted by Gasteiger charge is 2.20. The molecule has 0 unspecified atom stereocenters. The van der Waals surface area contributed by atoms with Gasteiger partial charge in [0, 0.05) is 22.8 Å². The number of H-pyrrole nitrogens is 1. The molecule has 4 N–H and O–H groups in total. The van der Waals surface area contributed by atoms with Crippen LogP contribution in [0.3, 0.4) is 0 Å². The number of nitrogens with zero attached hydrogens (tertiary/aromatic N) is 2. The number of hydrogen-bond donors (Lipinski definition) is 4. The van der Waals surface area contributed by atoms with Gasteiger partial charge in [0.1, 0.15) is 10.0 Å². The van der Waals surface area contributed by atoms with Crippen molar-refractivity contribution in [3.8, 4) is 5.69 Å². The first-order valence-corrected chi connectivity index (χ1v) is 15.4. The fraction of sp³-hybridized carbons (Fsp3) is 0.296. The zero-order chi connectivity index (χ0) is 29.1. The summed E-state index contributed by atoms with van der Waals surface area (Å²) < 4.78 is 42.3. The first-order valence-electron chi connectivity index (χ1n) is 13.1. The van der Waals surface area contributed by atoms with Gasteiger partial charge in [0.2, 0.25) is 0 Å². The number of carbonyl (C=O) groups is 1. The van der Waals surface area contributed by atoms with E-state index in [9.17, 15) is 22.8 Å². The molecular weight excluding hydrogens is 571 g/mol. The van der Waals surface area contributed by atoms with Crippen LogP contribution in [-0.2, 0) is 10.0 Å². The first kappa shape index (κ1) is 28.5. The van der Waals surface area contributed by atoms with Crippen molar-refractivity contribution < 1.29 is 17.6 Å². The van der Waals surface area contributed by atoms with Crippen molar-refractivity contribution in [2.75, 3.05) is 36.8 Å². The Kier molecular flexibility index (Phi) is 8.24. The van der Waals surface area contributed by atoms with Crippen LogP contribution in [0.4, 0.5) is 20.6 Å². The summed E-state index contributed by atoms with van der Waals surface area (Å²) in [6.45, 7) is 5.76. The van der Waals surface area contributed by atoms with E-state index < -0.39 is 33.1 Å². The number of aromatic nitrogens is 2. The van der Waals surface area contributed by atoms with Gasteiger partial charge in [-0.05, 0) is 94.4 Å². The summed E-state index contributed by atoms with van der Waals surface area (Å²) in [4.78, 5) is 44.1. The predicted octanol–water partition coefficient (Wildman–Crippen LogP) is 3.60. The normalized spacial score (nSPS) is 13.9. The van der Waals surface area contributed by atoms with E-state index in [-0.39, 0.29) is 21.0 Å². The highest BCUT2D eigenvalue weighted by Crippen LogP contribution is 2.21. The molecule has 1 fully saturated rings. The molecule has 0 atom stereocenters. The number of thiophene rings is 1. The Morgan fingerprint density at radius 2 is 1.80 bits per heavy atom. The average Bonchev–Trinajstić information content (AvgIpc) is 3.59. The number of benzene rings is 2. The molecule has 4 aromatic rings. The number of hydrogen-bond acceptors (Lipinski definition) is 8. The highest BCUT2D eigenvalue weighted by molar-refractivity contribution is 7.92. The minimum absolute atomic E-state index is 0.0398. The molecule has 0 spiro atoms. The number of anilines is 2. The molecule has 2 amide bonds. The van der Waals surface area contributed by atoms with E-state index >= 15 is 4.39 Å². The molecule has 11 nitrogen and oxygen atoms in total. The van der Waals surface area contributed by atoms with Crippen molar-refractivity contribution in [3.63, 3.8) is 0 Å². The second kappa shape index (κ2) is 11.8. The lowest BCUT2D eigenvalue weighted by Crippen LogP contribution is -2.35. The lowest BCUT2D eigenvalue weighted by Gasteiger charge is -2.15. The molecule has 1 aliphatic rings. The number of sulfonamides is 1. The second-order valence-electron chi connectivity index (χ2n) is 9.75. The van der Waals surface area contributed by atoms with Crippen molar-refractivity contribution in [2.24, 2.45) is 0 Å². The Labute approximate surface area is 239 Å². The van der Waals surface area contributed by atoms with Gasteiger partial charge in [0.15, 0.2) is 0 Å². The molecule has 0 saturated carbocycles. The van der Waals surface area contributed by atoms with Crippen molar-refractivity contribution in [1.29, 1.82) is 0 Å². The van der Waals surface area contributed by atoms with Crippen molar-refractivity contribution in [3.05, 3.63) is 80.1 Å². The summed E-state index contributed by atoms with van der Waals surface area (Å²) in [5, 5.41) is 5.75. The monoisotopic (exact) mass is 600 g/mol. The van der Waals surface area contributed by atoms with Crippen LogP contribution in [-0.4, -0.2) is 55.1 Å². The molecule has 1 saturated heterocycles. The third kappa shape index (κ3) is 6.50. The number of aromatic amines is 1. The highest BCUT2D eigenvalue weighted by atomic mass is 32.2. The summed E-state index contributed by atoms with van der Waals surface area (Å²) in [5.41, 5.74) is -0.870. The maximum atomic E-state index is 15.1. The number of carbonyl (C=O) groups excluding carboxylic acids is 1. The van der Waals surface area contributed by atoms with Gasteiger partial charge in [-0.3, -0.25) is 4.79 Å². The molecule has 0 radical (unpaired) electrons. The maximum Gasteiger partial charge on any atom is 0.333 e. The molecule has 216 valence electrons. The average molecular weight is 601 g/mol. The number of fused-ring (bicyclic) bond motifs is 1. The molecule has 2 aromatic heterocycles. The van der Waals surface area contributed by atoms with Crippen LogP contribution in [0.1, 0.15) is 24.1 Å². The topological polar surface area (TPSA) is 145 Å². The number of rotatable bonds is 9. The number of urea groups is 1. The van der Waals surface area contributed by atoms with E-state index in [1.54, 1.807) is 31.2 Å². The number of amides is 2. The summed E-state index contributed by atoms with van der Waals surface area (Å²) in [5.74, 6) is -0.970. The maximum absolute atomic E-state index is 15.1. The Bertz CT molecular complexity index is 1830. The van der Waals surface area contributed by atoms with Crippen LogP contribution >= 0.6 is 11.3 Å².